The Morgan fingerprint density at radius 2 is 1.81 bits per heavy atom. The summed E-state index contributed by atoms with van der Waals surface area (Å²) in [5.41, 5.74) is 0.241. The van der Waals surface area contributed by atoms with Gasteiger partial charge in [-0.25, -0.2) is 0 Å². The number of ether oxygens (including phenoxy) is 1. The van der Waals surface area contributed by atoms with Crippen LogP contribution in [0.5, 0.6) is 0 Å². The SMILES string of the molecule is CCCCCOC(C)CCCNC(C)(C)C. The average Bonchev–Trinajstić information content (AvgIpc) is 2.18. The van der Waals surface area contributed by atoms with Crippen molar-refractivity contribution >= 4 is 0 Å². The van der Waals surface area contributed by atoms with Crippen LogP contribution in [0.25, 0.3) is 0 Å². The topological polar surface area (TPSA) is 21.3 Å². The summed E-state index contributed by atoms with van der Waals surface area (Å²) in [5.74, 6) is 0. The van der Waals surface area contributed by atoms with Gasteiger partial charge in [-0.15, -0.1) is 0 Å². The zero-order valence-electron chi connectivity index (χ0n) is 11.9. The maximum Gasteiger partial charge on any atom is 0.0547 e. The van der Waals surface area contributed by atoms with Crippen molar-refractivity contribution in [1.29, 1.82) is 0 Å². The Morgan fingerprint density at radius 3 is 2.38 bits per heavy atom. The van der Waals surface area contributed by atoms with Crippen LogP contribution in [-0.4, -0.2) is 24.8 Å². The van der Waals surface area contributed by atoms with Gasteiger partial charge in [0.15, 0.2) is 0 Å². The molecule has 0 fully saturated rings. The summed E-state index contributed by atoms with van der Waals surface area (Å²) in [5, 5.41) is 3.50. The van der Waals surface area contributed by atoms with Crippen molar-refractivity contribution in [2.24, 2.45) is 0 Å². The van der Waals surface area contributed by atoms with Crippen LogP contribution in [0.3, 0.4) is 0 Å². The Bertz CT molecular complexity index is 151. The fourth-order valence-electron chi connectivity index (χ4n) is 1.57. The number of hydrogen-bond donors (Lipinski definition) is 1. The number of nitrogens with one attached hydrogen (secondary N) is 1. The molecule has 0 rings (SSSR count). The van der Waals surface area contributed by atoms with Crippen molar-refractivity contribution in [3.05, 3.63) is 0 Å². The van der Waals surface area contributed by atoms with E-state index < -0.39 is 0 Å². The highest BCUT2D eigenvalue weighted by Gasteiger charge is 2.08. The summed E-state index contributed by atoms with van der Waals surface area (Å²) in [6.45, 7) is 13.0. The summed E-state index contributed by atoms with van der Waals surface area (Å²) in [4.78, 5) is 0. The Morgan fingerprint density at radius 1 is 1.12 bits per heavy atom. The lowest BCUT2D eigenvalue weighted by Gasteiger charge is -2.21. The van der Waals surface area contributed by atoms with Gasteiger partial charge in [-0.3, -0.25) is 0 Å². The van der Waals surface area contributed by atoms with Gasteiger partial charge in [0.05, 0.1) is 6.10 Å². The fourth-order valence-corrected chi connectivity index (χ4v) is 1.57. The summed E-state index contributed by atoms with van der Waals surface area (Å²) < 4.78 is 5.75. The smallest absolute Gasteiger partial charge is 0.0547 e. The molecule has 0 aliphatic rings. The van der Waals surface area contributed by atoms with Crippen LogP contribution in [0.2, 0.25) is 0 Å². The van der Waals surface area contributed by atoms with Crippen LogP contribution in [-0.2, 0) is 4.74 Å². The van der Waals surface area contributed by atoms with Gasteiger partial charge < -0.3 is 10.1 Å². The zero-order chi connectivity index (χ0) is 12.4. The molecule has 1 atom stereocenters. The van der Waals surface area contributed by atoms with Crippen molar-refractivity contribution < 1.29 is 4.74 Å². The van der Waals surface area contributed by atoms with Gasteiger partial charge in [0.2, 0.25) is 0 Å². The lowest BCUT2D eigenvalue weighted by Crippen LogP contribution is -2.36. The van der Waals surface area contributed by atoms with Crippen LogP contribution in [0.4, 0.5) is 0 Å². The molecule has 2 heteroatoms. The predicted molar refractivity (Wildman–Crippen MR) is 71.9 cm³/mol. The molecule has 1 unspecified atom stereocenters. The van der Waals surface area contributed by atoms with Crippen molar-refractivity contribution in [1.82, 2.24) is 5.32 Å². The predicted octanol–water partition coefficient (Wildman–Crippen LogP) is 3.75. The summed E-state index contributed by atoms with van der Waals surface area (Å²) in [7, 11) is 0. The third-order valence-electron chi connectivity index (χ3n) is 2.59. The number of unbranched alkanes of at least 4 members (excludes halogenated alkanes) is 2. The van der Waals surface area contributed by atoms with Gasteiger partial charge in [0, 0.05) is 12.1 Å². The molecule has 0 heterocycles. The third-order valence-corrected chi connectivity index (χ3v) is 2.59. The lowest BCUT2D eigenvalue weighted by molar-refractivity contribution is 0.0561. The second kappa shape index (κ2) is 9.00. The van der Waals surface area contributed by atoms with E-state index in [-0.39, 0.29) is 5.54 Å². The minimum absolute atomic E-state index is 0.241. The Labute approximate surface area is 102 Å². The van der Waals surface area contributed by atoms with Gasteiger partial charge in [0.1, 0.15) is 0 Å². The van der Waals surface area contributed by atoms with E-state index in [0.29, 0.717) is 6.10 Å². The molecule has 0 spiro atoms. The van der Waals surface area contributed by atoms with E-state index in [1.54, 1.807) is 0 Å². The Kier molecular flexibility index (Phi) is 8.96. The molecular weight excluding hydrogens is 198 g/mol. The largest absolute Gasteiger partial charge is 0.379 e. The second-order valence-electron chi connectivity index (χ2n) is 5.71. The summed E-state index contributed by atoms with van der Waals surface area (Å²) in [6.07, 6.45) is 6.55. The van der Waals surface area contributed by atoms with Gasteiger partial charge >= 0.3 is 0 Å². The van der Waals surface area contributed by atoms with E-state index in [0.717, 1.165) is 19.6 Å². The van der Waals surface area contributed by atoms with Gasteiger partial charge in [-0.2, -0.15) is 0 Å². The summed E-state index contributed by atoms with van der Waals surface area (Å²) >= 11 is 0. The quantitative estimate of drug-likeness (QED) is 0.608. The van der Waals surface area contributed by atoms with Crippen molar-refractivity contribution in [3.63, 3.8) is 0 Å². The molecule has 0 aromatic carbocycles. The molecule has 98 valence electrons. The van der Waals surface area contributed by atoms with Crippen molar-refractivity contribution in [3.8, 4) is 0 Å². The summed E-state index contributed by atoms with van der Waals surface area (Å²) in [6, 6.07) is 0. The molecule has 0 amide bonds. The first-order valence-electron chi connectivity index (χ1n) is 6.82. The second-order valence-corrected chi connectivity index (χ2v) is 5.71. The first-order valence-corrected chi connectivity index (χ1v) is 6.82. The van der Waals surface area contributed by atoms with Crippen LogP contribution >= 0.6 is 0 Å². The monoisotopic (exact) mass is 229 g/mol. The van der Waals surface area contributed by atoms with Gasteiger partial charge in [-0.1, -0.05) is 19.8 Å². The van der Waals surface area contributed by atoms with E-state index in [4.69, 9.17) is 4.74 Å². The maximum atomic E-state index is 5.75. The van der Waals surface area contributed by atoms with E-state index in [1.165, 1.54) is 25.7 Å². The molecule has 0 saturated heterocycles. The van der Waals surface area contributed by atoms with Crippen LogP contribution in [0.1, 0.15) is 66.7 Å². The van der Waals surface area contributed by atoms with Crippen LogP contribution in [0.15, 0.2) is 0 Å². The Hall–Kier alpha value is -0.0800. The highest BCUT2D eigenvalue weighted by atomic mass is 16.5. The molecule has 2 nitrogen and oxygen atoms in total. The lowest BCUT2D eigenvalue weighted by atomic mass is 10.1. The van der Waals surface area contributed by atoms with Gasteiger partial charge in [0.25, 0.3) is 0 Å². The molecule has 0 aromatic heterocycles. The van der Waals surface area contributed by atoms with Crippen LogP contribution < -0.4 is 5.32 Å². The molecule has 0 radical (unpaired) electrons. The number of rotatable bonds is 9. The highest BCUT2D eigenvalue weighted by molar-refractivity contribution is 4.69. The average molecular weight is 229 g/mol. The van der Waals surface area contributed by atoms with E-state index in [2.05, 4.69) is 39.9 Å². The first-order chi connectivity index (χ1) is 7.45. The Balaban J connectivity index is 3.27. The minimum atomic E-state index is 0.241. The molecular formula is C14H31NO. The molecule has 0 aromatic rings. The molecule has 1 N–H and O–H groups in total. The highest BCUT2D eigenvalue weighted by Crippen LogP contribution is 2.05. The maximum absolute atomic E-state index is 5.75. The molecule has 0 aliphatic heterocycles. The zero-order valence-corrected chi connectivity index (χ0v) is 11.9. The normalized spacial score (nSPS) is 14.1. The van der Waals surface area contributed by atoms with Gasteiger partial charge in [-0.05, 0) is 53.5 Å². The fraction of sp³-hybridized carbons (Fsp3) is 1.00. The standard InChI is InChI=1S/C14H31NO/c1-6-7-8-12-16-13(2)10-9-11-15-14(3,4)5/h13,15H,6-12H2,1-5H3. The minimum Gasteiger partial charge on any atom is -0.379 e. The van der Waals surface area contributed by atoms with E-state index in [1.807, 2.05) is 0 Å². The van der Waals surface area contributed by atoms with Crippen LogP contribution in [0, 0.1) is 0 Å². The molecule has 0 saturated carbocycles. The van der Waals surface area contributed by atoms with E-state index in [9.17, 15) is 0 Å². The number of hydrogen-bond acceptors (Lipinski definition) is 2. The molecule has 16 heavy (non-hydrogen) atoms. The molecule has 0 aliphatic carbocycles. The first kappa shape index (κ1) is 15.9. The van der Waals surface area contributed by atoms with Crippen molar-refractivity contribution in [2.45, 2.75) is 78.4 Å². The third kappa shape index (κ3) is 12.0. The van der Waals surface area contributed by atoms with E-state index >= 15 is 0 Å². The van der Waals surface area contributed by atoms with Crippen molar-refractivity contribution in [2.75, 3.05) is 13.2 Å². The molecule has 0 bridgehead atoms.